The highest BCUT2D eigenvalue weighted by Crippen LogP contribution is 2.40. The van der Waals surface area contributed by atoms with Gasteiger partial charge in [0, 0.05) is 5.56 Å². The standard InChI is InChI=1S/C20H16O4/c1-22-14-5-3-4-12(8-14)19-16-7-6-15(23-2)9-13(16)10-17-18(19)11-24-20(17)21/h3-10H,11H2,1-2H3. The molecule has 0 bridgehead atoms. The normalized spacial score (nSPS) is 12.8. The van der Waals surface area contributed by atoms with Crippen molar-refractivity contribution in [2.75, 3.05) is 14.2 Å². The van der Waals surface area contributed by atoms with Gasteiger partial charge in [-0.1, -0.05) is 18.2 Å². The molecule has 24 heavy (non-hydrogen) atoms. The number of cyclic esters (lactones) is 1. The monoisotopic (exact) mass is 320 g/mol. The molecule has 0 fully saturated rings. The van der Waals surface area contributed by atoms with Crippen LogP contribution in [0.2, 0.25) is 0 Å². The van der Waals surface area contributed by atoms with E-state index < -0.39 is 0 Å². The summed E-state index contributed by atoms with van der Waals surface area (Å²) in [5, 5.41) is 2.01. The lowest BCUT2D eigenvalue weighted by atomic mass is 9.90. The van der Waals surface area contributed by atoms with Crippen LogP contribution in [0.3, 0.4) is 0 Å². The van der Waals surface area contributed by atoms with Crippen molar-refractivity contribution in [3.63, 3.8) is 0 Å². The number of carbonyl (C=O) groups is 1. The van der Waals surface area contributed by atoms with E-state index in [1.54, 1.807) is 14.2 Å². The molecule has 0 spiro atoms. The van der Waals surface area contributed by atoms with Gasteiger partial charge in [0.15, 0.2) is 0 Å². The number of fused-ring (bicyclic) bond motifs is 2. The summed E-state index contributed by atoms with van der Waals surface area (Å²) in [5.41, 5.74) is 3.55. The summed E-state index contributed by atoms with van der Waals surface area (Å²) in [6.07, 6.45) is 0. The molecule has 0 saturated heterocycles. The Hall–Kier alpha value is -3.01. The van der Waals surface area contributed by atoms with Gasteiger partial charge in [-0.05, 0) is 52.2 Å². The van der Waals surface area contributed by atoms with E-state index in [-0.39, 0.29) is 5.97 Å². The molecule has 0 amide bonds. The van der Waals surface area contributed by atoms with Gasteiger partial charge in [0.05, 0.1) is 19.8 Å². The van der Waals surface area contributed by atoms with Crippen molar-refractivity contribution >= 4 is 16.7 Å². The van der Waals surface area contributed by atoms with Crippen LogP contribution >= 0.6 is 0 Å². The van der Waals surface area contributed by atoms with Gasteiger partial charge in [0.25, 0.3) is 0 Å². The molecular weight excluding hydrogens is 304 g/mol. The number of rotatable bonds is 3. The van der Waals surface area contributed by atoms with Crippen LogP contribution in [0.1, 0.15) is 15.9 Å². The second-order valence-electron chi connectivity index (χ2n) is 5.67. The zero-order valence-corrected chi connectivity index (χ0v) is 13.5. The van der Waals surface area contributed by atoms with Gasteiger partial charge in [0.1, 0.15) is 18.1 Å². The third-order valence-electron chi connectivity index (χ3n) is 4.38. The van der Waals surface area contributed by atoms with E-state index in [4.69, 9.17) is 14.2 Å². The molecule has 4 nitrogen and oxygen atoms in total. The quantitative estimate of drug-likeness (QED) is 0.679. The predicted molar refractivity (Wildman–Crippen MR) is 91.6 cm³/mol. The number of hydrogen-bond acceptors (Lipinski definition) is 4. The molecule has 3 aromatic carbocycles. The number of methoxy groups -OCH3 is 2. The fraction of sp³-hybridized carbons (Fsp3) is 0.150. The molecule has 3 aromatic rings. The maximum absolute atomic E-state index is 12.1. The molecular formula is C20H16O4. The minimum atomic E-state index is -0.279. The minimum absolute atomic E-state index is 0.279. The van der Waals surface area contributed by atoms with Crippen molar-refractivity contribution < 1.29 is 19.0 Å². The highest BCUT2D eigenvalue weighted by molar-refractivity contribution is 6.07. The van der Waals surface area contributed by atoms with E-state index in [2.05, 4.69) is 0 Å². The Morgan fingerprint density at radius 3 is 2.54 bits per heavy atom. The number of hydrogen-bond donors (Lipinski definition) is 0. The predicted octanol–water partition coefficient (Wildman–Crippen LogP) is 4.19. The molecule has 0 N–H and O–H groups in total. The van der Waals surface area contributed by atoms with Gasteiger partial charge in [-0.3, -0.25) is 0 Å². The number of ether oxygens (including phenoxy) is 3. The Morgan fingerprint density at radius 2 is 1.75 bits per heavy atom. The van der Waals surface area contributed by atoms with Crippen molar-refractivity contribution in [3.05, 3.63) is 59.7 Å². The van der Waals surface area contributed by atoms with E-state index in [9.17, 15) is 4.79 Å². The Balaban J connectivity index is 2.07. The lowest BCUT2D eigenvalue weighted by Gasteiger charge is -2.13. The average molecular weight is 320 g/mol. The van der Waals surface area contributed by atoms with Gasteiger partial charge in [-0.25, -0.2) is 4.79 Å². The minimum Gasteiger partial charge on any atom is -0.497 e. The largest absolute Gasteiger partial charge is 0.497 e. The van der Waals surface area contributed by atoms with Crippen molar-refractivity contribution in [1.29, 1.82) is 0 Å². The topological polar surface area (TPSA) is 44.8 Å². The second kappa shape index (κ2) is 5.57. The molecule has 0 saturated carbocycles. The number of benzene rings is 3. The van der Waals surface area contributed by atoms with Gasteiger partial charge >= 0.3 is 5.97 Å². The summed E-state index contributed by atoms with van der Waals surface area (Å²) in [4.78, 5) is 12.1. The molecule has 1 aliphatic heterocycles. The van der Waals surface area contributed by atoms with Gasteiger partial charge in [-0.2, -0.15) is 0 Å². The van der Waals surface area contributed by atoms with Crippen LogP contribution < -0.4 is 9.47 Å². The van der Waals surface area contributed by atoms with Crippen LogP contribution in [0.4, 0.5) is 0 Å². The summed E-state index contributed by atoms with van der Waals surface area (Å²) in [6.45, 7) is 0.294. The highest BCUT2D eigenvalue weighted by atomic mass is 16.5. The molecule has 0 radical (unpaired) electrons. The van der Waals surface area contributed by atoms with Crippen molar-refractivity contribution in [2.45, 2.75) is 6.61 Å². The van der Waals surface area contributed by atoms with Crippen molar-refractivity contribution in [3.8, 4) is 22.6 Å². The first-order valence-electron chi connectivity index (χ1n) is 7.66. The molecule has 0 atom stereocenters. The first-order chi connectivity index (χ1) is 11.7. The Bertz CT molecular complexity index is 959. The van der Waals surface area contributed by atoms with Gasteiger partial charge in [-0.15, -0.1) is 0 Å². The van der Waals surface area contributed by atoms with E-state index in [0.717, 1.165) is 39.0 Å². The van der Waals surface area contributed by atoms with E-state index in [0.29, 0.717) is 12.2 Å². The maximum Gasteiger partial charge on any atom is 0.338 e. The molecule has 0 unspecified atom stereocenters. The van der Waals surface area contributed by atoms with Crippen LogP contribution in [0, 0.1) is 0 Å². The Morgan fingerprint density at radius 1 is 0.958 bits per heavy atom. The maximum atomic E-state index is 12.1. The first-order valence-corrected chi connectivity index (χ1v) is 7.66. The number of carbonyl (C=O) groups excluding carboxylic acids is 1. The SMILES string of the molecule is COc1cccc(-c2c3c(cc4cc(OC)ccc24)C(=O)OC3)c1. The third-order valence-corrected chi connectivity index (χ3v) is 4.38. The van der Waals surface area contributed by atoms with Gasteiger partial charge in [0.2, 0.25) is 0 Å². The Labute approximate surface area is 139 Å². The summed E-state index contributed by atoms with van der Waals surface area (Å²) in [5.74, 6) is 1.25. The average Bonchev–Trinajstić information content (AvgIpc) is 2.99. The fourth-order valence-electron chi connectivity index (χ4n) is 3.21. The lowest BCUT2D eigenvalue weighted by molar-refractivity contribution is 0.0535. The van der Waals surface area contributed by atoms with Crippen LogP contribution in [0.5, 0.6) is 11.5 Å². The van der Waals surface area contributed by atoms with Gasteiger partial charge < -0.3 is 14.2 Å². The molecule has 1 heterocycles. The summed E-state index contributed by atoms with van der Waals surface area (Å²) >= 11 is 0. The molecule has 4 rings (SSSR count). The fourth-order valence-corrected chi connectivity index (χ4v) is 3.21. The van der Waals surface area contributed by atoms with Crippen LogP contribution in [0.15, 0.2) is 48.5 Å². The summed E-state index contributed by atoms with van der Waals surface area (Å²) < 4.78 is 15.9. The molecule has 4 heteroatoms. The molecule has 120 valence electrons. The molecule has 1 aliphatic rings. The second-order valence-corrected chi connectivity index (χ2v) is 5.67. The Kier molecular flexibility index (Phi) is 3.38. The molecule has 0 aliphatic carbocycles. The molecule has 0 aromatic heterocycles. The zero-order chi connectivity index (χ0) is 16.7. The smallest absolute Gasteiger partial charge is 0.338 e. The van der Waals surface area contributed by atoms with E-state index >= 15 is 0 Å². The van der Waals surface area contributed by atoms with E-state index in [1.165, 1.54) is 0 Å². The van der Waals surface area contributed by atoms with Crippen LogP contribution in [0.25, 0.3) is 21.9 Å². The van der Waals surface area contributed by atoms with Crippen molar-refractivity contribution in [1.82, 2.24) is 0 Å². The van der Waals surface area contributed by atoms with E-state index in [1.807, 2.05) is 48.5 Å². The van der Waals surface area contributed by atoms with Crippen LogP contribution in [-0.2, 0) is 11.3 Å². The summed E-state index contributed by atoms with van der Waals surface area (Å²) in [7, 11) is 3.27. The van der Waals surface area contributed by atoms with Crippen molar-refractivity contribution in [2.24, 2.45) is 0 Å². The first kappa shape index (κ1) is 14.6. The number of esters is 1. The lowest BCUT2D eigenvalue weighted by Crippen LogP contribution is -1.96. The third kappa shape index (κ3) is 2.19. The summed E-state index contributed by atoms with van der Waals surface area (Å²) in [6, 6.07) is 15.6. The van der Waals surface area contributed by atoms with Crippen LogP contribution in [-0.4, -0.2) is 20.2 Å². The zero-order valence-electron chi connectivity index (χ0n) is 13.5. The highest BCUT2D eigenvalue weighted by Gasteiger charge is 2.26.